The molecule has 1 aliphatic heterocycles. The molecule has 0 aromatic carbocycles. The third-order valence-electron chi connectivity index (χ3n) is 3.67. The van der Waals surface area contributed by atoms with Crippen LogP contribution in [0.4, 0.5) is 5.82 Å². The second-order valence-corrected chi connectivity index (χ2v) is 6.00. The zero-order valence-corrected chi connectivity index (χ0v) is 12.6. The van der Waals surface area contributed by atoms with Gasteiger partial charge in [-0.3, -0.25) is 4.79 Å². The Kier molecular flexibility index (Phi) is 4.50. The minimum Gasteiger partial charge on any atom is -0.390 e. The summed E-state index contributed by atoms with van der Waals surface area (Å²) in [7, 11) is 1.83. The fraction of sp³-hybridized carbons (Fsp3) is 0.571. The molecular weight excluding hydrogens is 278 g/mol. The SMILES string of the molecule is CN(CC(=O)N1CCC(C)(O)CC1)c1ccc(Cl)cn1. The number of anilines is 1. The number of likely N-dealkylation sites (tertiary alicyclic amines) is 1. The van der Waals surface area contributed by atoms with Crippen LogP contribution in [0.15, 0.2) is 18.3 Å². The molecule has 1 aromatic heterocycles. The number of likely N-dealkylation sites (N-methyl/N-ethyl adjacent to an activating group) is 1. The lowest BCUT2D eigenvalue weighted by Crippen LogP contribution is -2.48. The molecule has 0 aliphatic carbocycles. The Hall–Kier alpha value is -1.33. The Morgan fingerprint density at radius 3 is 2.70 bits per heavy atom. The summed E-state index contributed by atoms with van der Waals surface area (Å²) in [6, 6.07) is 3.54. The van der Waals surface area contributed by atoms with E-state index >= 15 is 0 Å². The van der Waals surface area contributed by atoms with Gasteiger partial charge in [0.15, 0.2) is 0 Å². The lowest BCUT2D eigenvalue weighted by molar-refractivity contribution is -0.133. The number of piperidine rings is 1. The van der Waals surface area contributed by atoms with Gasteiger partial charge in [-0.15, -0.1) is 0 Å². The summed E-state index contributed by atoms with van der Waals surface area (Å²) >= 11 is 5.79. The van der Waals surface area contributed by atoms with E-state index in [0.717, 1.165) is 0 Å². The number of hydrogen-bond acceptors (Lipinski definition) is 4. The van der Waals surface area contributed by atoms with E-state index in [4.69, 9.17) is 11.6 Å². The third-order valence-corrected chi connectivity index (χ3v) is 3.89. The van der Waals surface area contributed by atoms with Crippen LogP contribution in [-0.2, 0) is 4.79 Å². The molecule has 0 unspecified atom stereocenters. The molecule has 110 valence electrons. The van der Waals surface area contributed by atoms with Crippen LogP contribution in [0, 0.1) is 0 Å². The number of carbonyl (C=O) groups is 1. The van der Waals surface area contributed by atoms with Crippen LogP contribution in [-0.4, -0.2) is 53.2 Å². The second-order valence-electron chi connectivity index (χ2n) is 5.57. The van der Waals surface area contributed by atoms with Gasteiger partial charge in [0.05, 0.1) is 17.2 Å². The van der Waals surface area contributed by atoms with Gasteiger partial charge < -0.3 is 14.9 Å². The molecule has 1 aromatic rings. The van der Waals surface area contributed by atoms with Crippen molar-refractivity contribution < 1.29 is 9.90 Å². The van der Waals surface area contributed by atoms with Crippen molar-refractivity contribution >= 4 is 23.3 Å². The van der Waals surface area contributed by atoms with Gasteiger partial charge in [-0.2, -0.15) is 0 Å². The fourth-order valence-corrected chi connectivity index (χ4v) is 2.33. The summed E-state index contributed by atoms with van der Waals surface area (Å²) in [4.78, 5) is 20.0. The molecule has 6 heteroatoms. The Morgan fingerprint density at radius 1 is 1.50 bits per heavy atom. The Labute approximate surface area is 124 Å². The van der Waals surface area contributed by atoms with E-state index in [9.17, 15) is 9.90 Å². The maximum atomic E-state index is 12.2. The zero-order valence-electron chi connectivity index (χ0n) is 11.8. The number of pyridine rings is 1. The maximum Gasteiger partial charge on any atom is 0.242 e. The molecule has 0 spiro atoms. The van der Waals surface area contributed by atoms with E-state index in [-0.39, 0.29) is 12.5 Å². The molecular formula is C14H20ClN3O2. The van der Waals surface area contributed by atoms with Gasteiger partial charge in [-0.1, -0.05) is 11.6 Å². The minimum atomic E-state index is -0.638. The van der Waals surface area contributed by atoms with Crippen LogP contribution in [0.3, 0.4) is 0 Å². The number of aromatic nitrogens is 1. The largest absolute Gasteiger partial charge is 0.390 e. The molecule has 1 aliphatic rings. The molecule has 2 heterocycles. The summed E-state index contributed by atoms with van der Waals surface area (Å²) < 4.78 is 0. The number of rotatable bonds is 3. The maximum absolute atomic E-state index is 12.2. The first-order valence-corrected chi connectivity index (χ1v) is 7.08. The predicted octanol–water partition coefficient (Wildman–Crippen LogP) is 1.54. The molecule has 0 atom stereocenters. The van der Waals surface area contributed by atoms with Crippen molar-refractivity contribution in [3.63, 3.8) is 0 Å². The Balaban J connectivity index is 1.90. The molecule has 2 rings (SSSR count). The lowest BCUT2D eigenvalue weighted by Gasteiger charge is -2.36. The van der Waals surface area contributed by atoms with Gasteiger partial charge in [-0.25, -0.2) is 4.98 Å². The van der Waals surface area contributed by atoms with Crippen molar-refractivity contribution in [2.45, 2.75) is 25.4 Å². The monoisotopic (exact) mass is 297 g/mol. The van der Waals surface area contributed by atoms with Crippen LogP contribution in [0.25, 0.3) is 0 Å². The van der Waals surface area contributed by atoms with Crippen molar-refractivity contribution in [2.75, 3.05) is 31.6 Å². The number of nitrogens with zero attached hydrogens (tertiary/aromatic N) is 3. The first-order chi connectivity index (χ1) is 9.37. The molecule has 0 bridgehead atoms. The normalized spacial score (nSPS) is 17.9. The molecule has 1 amide bonds. The second kappa shape index (κ2) is 5.97. The third kappa shape index (κ3) is 3.84. The quantitative estimate of drug-likeness (QED) is 0.919. The van der Waals surface area contributed by atoms with Gasteiger partial charge in [0.25, 0.3) is 0 Å². The number of halogens is 1. The molecule has 5 nitrogen and oxygen atoms in total. The minimum absolute atomic E-state index is 0.0553. The van der Waals surface area contributed by atoms with E-state index < -0.39 is 5.60 Å². The lowest BCUT2D eigenvalue weighted by atomic mass is 9.94. The summed E-state index contributed by atoms with van der Waals surface area (Å²) in [6.45, 7) is 3.30. The van der Waals surface area contributed by atoms with E-state index in [1.807, 2.05) is 14.0 Å². The van der Waals surface area contributed by atoms with Gasteiger partial charge >= 0.3 is 0 Å². The molecule has 1 fully saturated rings. The number of carbonyl (C=O) groups excluding carboxylic acids is 1. The van der Waals surface area contributed by atoms with Crippen LogP contribution in [0.5, 0.6) is 0 Å². The van der Waals surface area contributed by atoms with Crippen molar-refractivity contribution in [1.29, 1.82) is 0 Å². The summed E-state index contributed by atoms with van der Waals surface area (Å²) in [5.74, 6) is 0.770. The molecule has 0 radical (unpaired) electrons. The summed E-state index contributed by atoms with van der Waals surface area (Å²) in [6.07, 6.45) is 2.82. The zero-order chi connectivity index (χ0) is 14.8. The highest BCUT2D eigenvalue weighted by molar-refractivity contribution is 6.30. The highest BCUT2D eigenvalue weighted by atomic mass is 35.5. The van der Waals surface area contributed by atoms with E-state index in [1.165, 1.54) is 0 Å². The van der Waals surface area contributed by atoms with Crippen molar-refractivity contribution in [3.8, 4) is 0 Å². The number of amides is 1. The average molecular weight is 298 g/mol. The molecule has 0 saturated carbocycles. The number of aliphatic hydroxyl groups is 1. The molecule has 20 heavy (non-hydrogen) atoms. The first kappa shape index (κ1) is 15.1. The van der Waals surface area contributed by atoms with Gasteiger partial charge in [-0.05, 0) is 31.9 Å². The molecule has 1 N–H and O–H groups in total. The fourth-order valence-electron chi connectivity index (χ4n) is 2.22. The van der Waals surface area contributed by atoms with Crippen molar-refractivity contribution in [2.24, 2.45) is 0 Å². The van der Waals surface area contributed by atoms with E-state index in [1.54, 1.807) is 28.1 Å². The predicted molar refractivity (Wildman–Crippen MR) is 79.0 cm³/mol. The smallest absolute Gasteiger partial charge is 0.242 e. The van der Waals surface area contributed by atoms with Crippen LogP contribution >= 0.6 is 11.6 Å². The van der Waals surface area contributed by atoms with Gasteiger partial charge in [0, 0.05) is 26.3 Å². The highest BCUT2D eigenvalue weighted by Gasteiger charge is 2.29. The number of hydrogen-bond donors (Lipinski definition) is 1. The average Bonchev–Trinajstić information content (AvgIpc) is 2.39. The van der Waals surface area contributed by atoms with Crippen molar-refractivity contribution in [3.05, 3.63) is 23.4 Å². The highest BCUT2D eigenvalue weighted by Crippen LogP contribution is 2.21. The van der Waals surface area contributed by atoms with Gasteiger partial charge in [0.1, 0.15) is 5.82 Å². The Bertz CT molecular complexity index is 466. The Morgan fingerprint density at radius 2 is 2.15 bits per heavy atom. The standard InChI is InChI=1S/C14H20ClN3O2/c1-14(20)5-7-18(8-6-14)13(19)10-17(2)12-4-3-11(15)9-16-12/h3-4,9,20H,5-8,10H2,1-2H3. The van der Waals surface area contributed by atoms with E-state index in [0.29, 0.717) is 36.8 Å². The van der Waals surface area contributed by atoms with Crippen LogP contribution in [0.1, 0.15) is 19.8 Å². The van der Waals surface area contributed by atoms with Crippen LogP contribution < -0.4 is 4.90 Å². The summed E-state index contributed by atoms with van der Waals surface area (Å²) in [5.41, 5.74) is -0.638. The van der Waals surface area contributed by atoms with E-state index in [2.05, 4.69) is 4.98 Å². The summed E-state index contributed by atoms with van der Waals surface area (Å²) in [5, 5.41) is 10.5. The van der Waals surface area contributed by atoms with Crippen LogP contribution in [0.2, 0.25) is 5.02 Å². The first-order valence-electron chi connectivity index (χ1n) is 6.70. The van der Waals surface area contributed by atoms with Crippen molar-refractivity contribution in [1.82, 2.24) is 9.88 Å². The van der Waals surface area contributed by atoms with Gasteiger partial charge in [0.2, 0.25) is 5.91 Å². The molecule has 1 saturated heterocycles. The topological polar surface area (TPSA) is 56.7 Å².